The maximum Gasteiger partial charge on any atom is 0.111 e. The molecule has 328 valence electrons. The van der Waals surface area contributed by atoms with Crippen LogP contribution in [0.5, 0.6) is 0 Å². The van der Waals surface area contributed by atoms with Crippen molar-refractivity contribution in [3.8, 4) is 16.8 Å². The molecule has 8 nitrogen and oxygen atoms in total. The topological polar surface area (TPSA) is 64.8 Å². The molecule has 2 heterocycles. The van der Waals surface area contributed by atoms with Gasteiger partial charge in [-0.3, -0.25) is 0 Å². The van der Waals surface area contributed by atoms with Crippen LogP contribution in [0.25, 0.3) is 28.5 Å². The van der Waals surface area contributed by atoms with E-state index < -0.39 is 0 Å². The monoisotopic (exact) mass is 880 g/mol. The number of nitrogens with one attached hydrogen (secondary N) is 1. The Bertz CT molecular complexity index is 3310. The van der Waals surface area contributed by atoms with E-state index in [9.17, 15) is 0 Å². The third-order valence-electron chi connectivity index (χ3n) is 13.0. The molecule has 2 unspecified atom stereocenters. The Morgan fingerprint density at radius 2 is 1.15 bits per heavy atom. The summed E-state index contributed by atoms with van der Waals surface area (Å²) in [7, 11) is 0. The van der Waals surface area contributed by atoms with E-state index in [0.717, 1.165) is 81.7 Å². The van der Waals surface area contributed by atoms with E-state index in [1.165, 1.54) is 28.0 Å². The Hall–Kier alpha value is -8.59. The molecule has 0 saturated carbocycles. The van der Waals surface area contributed by atoms with Crippen LogP contribution >= 0.6 is 0 Å². The number of para-hydroxylation sites is 4. The first-order valence-corrected chi connectivity index (χ1v) is 23.4. The normalized spacial score (nSPS) is 17.1. The highest BCUT2D eigenvalue weighted by Gasteiger charge is 2.29. The number of hydrazone groups is 1. The Labute approximate surface area is 397 Å². The molecule has 0 fully saturated rings. The zero-order chi connectivity index (χ0) is 45.2. The van der Waals surface area contributed by atoms with Gasteiger partial charge >= 0.3 is 0 Å². The smallest absolute Gasteiger partial charge is 0.111 e. The first-order valence-electron chi connectivity index (χ1n) is 23.4. The van der Waals surface area contributed by atoms with Gasteiger partial charge < -0.3 is 9.80 Å². The highest BCUT2D eigenvalue weighted by Crippen LogP contribution is 2.40. The summed E-state index contributed by atoms with van der Waals surface area (Å²) >= 11 is 0. The van der Waals surface area contributed by atoms with Crippen LogP contribution in [-0.2, 0) is 6.42 Å². The van der Waals surface area contributed by atoms with Gasteiger partial charge in [-0.25, -0.2) is 0 Å². The lowest BCUT2D eigenvalue weighted by atomic mass is 9.86. The number of hydrogen-bond acceptors (Lipinski definition) is 7. The van der Waals surface area contributed by atoms with Crippen molar-refractivity contribution in [2.24, 2.45) is 5.10 Å². The number of benzene rings is 7. The lowest BCUT2D eigenvalue weighted by molar-refractivity contribution is 0.697. The minimum atomic E-state index is -0.0489. The molecule has 4 aliphatic rings. The average molecular weight is 881 g/mol. The van der Waals surface area contributed by atoms with Crippen molar-refractivity contribution in [2.45, 2.75) is 31.2 Å². The third kappa shape index (κ3) is 8.18. The van der Waals surface area contributed by atoms with Crippen LogP contribution in [0.1, 0.15) is 41.3 Å². The summed E-state index contributed by atoms with van der Waals surface area (Å²) in [6, 6.07) is 68.5. The van der Waals surface area contributed by atoms with Crippen LogP contribution in [0, 0.1) is 0 Å². The van der Waals surface area contributed by atoms with Crippen molar-refractivity contribution in [1.29, 1.82) is 0 Å². The van der Waals surface area contributed by atoms with Crippen molar-refractivity contribution in [3.63, 3.8) is 0 Å². The van der Waals surface area contributed by atoms with E-state index in [1.54, 1.807) is 4.80 Å². The first-order chi connectivity index (χ1) is 33.7. The fourth-order valence-electron chi connectivity index (χ4n) is 9.67. The Kier molecular flexibility index (Phi) is 10.8. The second-order valence-electron chi connectivity index (χ2n) is 17.4. The maximum atomic E-state index is 4.93. The van der Waals surface area contributed by atoms with Crippen LogP contribution < -0.4 is 20.3 Å². The van der Waals surface area contributed by atoms with Crippen molar-refractivity contribution < 1.29 is 0 Å². The van der Waals surface area contributed by atoms with Gasteiger partial charge in [-0.2, -0.15) is 25.5 Å². The molecule has 12 rings (SSSR count). The van der Waals surface area contributed by atoms with Crippen LogP contribution in [0.2, 0.25) is 0 Å². The molecule has 8 heteroatoms. The quantitative estimate of drug-likeness (QED) is 0.140. The molecule has 3 aliphatic carbocycles. The summed E-state index contributed by atoms with van der Waals surface area (Å²) in [4.78, 5) is 6.48. The standard InChI is InChI=1S/C60H48N8/c1-5-23-49(24-6-1)65(55-33-35-57-59(41-55)63-67(61-57)51-27-9-3-10-28-51)53-31-15-21-47(39-53)45-19-13-17-43(37-45)44-18-14-20-46(38-44)48-22-16-32-54(40-48)66(50-25-7-2-8-26-50)56-34-36-58-60(42-56)64-68(62-58)52-29-11-4-12-30-52/h1-19,21-32,34,36-42,46,60,64H,20,33,35H2. The summed E-state index contributed by atoms with van der Waals surface area (Å²) in [6.45, 7) is 0. The molecular weight excluding hydrogens is 833 g/mol. The van der Waals surface area contributed by atoms with Gasteiger partial charge in [-0.1, -0.05) is 133 Å². The molecule has 1 aliphatic heterocycles. The fraction of sp³-hybridized carbons (Fsp3) is 0.0833. The molecule has 0 bridgehead atoms. The minimum absolute atomic E-state index is 0.0489. The summed E-state index contributed by atoms with van der Waals surface area (Å²) in [5.41, 5.74) is 21.2. The van der Waals surface area contributed by atoms with Crippen molar-refractivity contribution >= 4 is 45.8 Å². The highest BCUT2D eigenvalue weighted by molar-refractivity contribution is 6.04. The summed E-state index contributed by atoms with van der Waals surface area (Å²) in [5.74, 6) is 0.211. The van der Waals surface area contributed by atoms with Gasteiger partial charge in [-0.05, 0) is 150 Å². The summed E-state index contributed by atoms with van der Waals surface area (Å²) in [6.07, 6.45) is 18.4. The predicted molar refractivity (Wildman–Crippen MR) is 278 cm³/mol. The number of hydrogen-bond donors (Lipinski definition) is 1. The Morgan fingerprint density at radius 1 is 0.515 bits per heavy atom. The Balaban J connectivity index is 0.826. The number of rotatable bonds is 11. The lowest BCUT2D eigenvalue weighted by Gasteiger charge is -2.30. The summed E-state index contributed by atoms with van der Waals surface area (Å²) in [5, 5.41) is 16.5. The maximum absolute atomic E-state index is 4.93. The first kappa shape index (κ1) is 40.9. The van der Waals surface area contributed by atoms with E-state index in [-0.39, 0.29) is 12.0 Å². The predicted octanol–water partition coefficient (Wildman–Crippen LogP) is 13.5. The lowest BCUT2D eigenvalue weighted by Crippen LogP contribution is -2.38. The van der Waals surface area contributed by atoms with Crippen LogP contribution in [0.15, 0.2) is 247 Å². The van der Waals surface area contributed by atoms with Gasteiger partial charge in [0.2, 0.25) is 0 Å². The number of aromatic nitrogens is 3. The number of hydrazine groups is 1. The van der Waals surface area contributed by atoms with E-state index in [4.69, 9.17) is 15.3 Å². The van der Waals surface area contributed by atoms with Gasteiger partial charge in [-0.15, -0.1) is 5.10 Å². The zero-order valence-corrected chi connectivity index (χ0v) is 37.4. The SMILES string of the molecule is C1=CC(c2cccc(-c3cccc(N(C4=Cc5nn(-c6ccccc6)nc5CC4)c4ccccc4)c3)c2)=CC(c2cccc(N(C3=CC4NN(c5ccccc5)N=C4C=C3)c3ccccc3)c2)C1. The zero-order valence-electron chi connectivity index (χ0n) is 37.4. The van der Waals surface area contributed by atoms with Crippen LogP contribution in [0.3, 0.4) is 0 Å². The molecule has 68 heavy (non-hydrogen) atoms. The van der Waals surface area contributed by atoms with Crippen LogP contribution in [0.4, 0.5) is 28.4 Å². The largest absolute Gasteiger partial charge is 0.314 e. The number of anilines is 5. The Morgan fingerprint density at radius 3 is 1.91 bits per heavy atom. The highest BCUT2D eigenvalue weighted by atomic mass is 15.7. The number of aryl methyl sites for hydroxylation is 1. The molecule has 0 amide bonds. The van der Waals surface area contributed by atoms with E-state index in [1.807, 2.05) is 53.6 Å². The van der Waals surface area contributed by atoms with E-state index in [0.29, 0.717) is 0 Å². The molecule has 8 aromatic rings. The number of nitrogens with zero attached hydrogens (tertiary/aromatic N) is 7. The molecule has 2 atom stereocenters. The second-order valence-corrected chi connectivity index (χ2v) is 17.4. The van der Waals surface area contributed by atoms with Gasteiger partial charge in [0.25, 0.3) is 0 Å². The molecule has 1 N–H and O–H groups in total. The second kappa shape index (κ2) is 18.0. The molecular formula is C60H48N8. The van der Waals surface area contributed by atoms with Crippen LogP contribution in [-0.4, -0.2) is 26.7 Å². The van der Waals surface area contributed by atoms with Crippen molar-refractivity contribution in [1.82, 2.24) is 20.4 Å². The number of fused-ring (bicyclic) bond motifs is 2. The fourth-order valence-corrected chi connectivity index (χ4v) is 9.67. The van der Waals surface area contributed by atoms with Gasteiger partial charge in [0.05, 0.1) is 28.8 Å². The molecule has 7 aromatic carbocycles. The molecule has 0 saturated heterocycles. The van der Waals surface area contributed by atoms with Gasteiger partial charge in [0.15, 0.2) is 0 Å². The van der Waals surface area contributed by atoms with E-state index >= 15 is 0 Å². The van der Waals surface area contributed by atoms with Gasteiger partial charge in [0, 0.05) is 40.1 Å². The average Bonchev–Trinajstić information content (AvgIpc) is 4.05. The van der Waals surface area contributed by atoms with Crippen molar-refractivity contribution in [3.05, 3.63) is 264 Å². The molecule has 0 radical (unpaired) electrons. The molecule has 0 spiro atoms. The van der Waals surface area contributed by atoms with E-state index in [2.05, 4.69) is 203 Å². The minimum Gasteiger partial charge on any atom is -0.314 e. The van der Waals surface area contributed by atoms with Crippen molar-refractivity contribution in [2.75, 3.05) is 14.9 Å². The summed E-state index contributed by atoms with van der Waals surface area (Å²) < 4.78 is 0. The third-order valence-corrected chi connectivity index (χ3v) is 13.0. The number of allylic oxidation sites excluding steroid dienone is 6. The van der Waals surface area contributed by atoms with Gasteiger partial charge in [0.1, 0.15) is 5.69 Å². The molecule has 1 aromatic heterocycles.